The van der Waals surface area contributed by atoms with Crippen molar-refractivity contribution < 1.29 is 78.7 Å². The van der Waals surface area contributed by atoms with Gasteiger partial charge in [-0.25, -0.2) is 19.2 Å². The number of hydrogen-bond donors (Lipinski definition) is 2. The Morgan fingerprint density at radius 3 is 1.21 bits per heavy atom. The number of methoxy groups -OCH3 is 2. The van der Waals surface area contributed by atoms with Gasteiger partial charge in [-0.3, -0.25) is 14.5 Å². The summed E-state index contributed by atoms with van der Waals surface area (Å²) in [6.45, 7) is 21.1. The lowest BCUT2D eigenvalue weighted by atomic mass is 9.82. The molecule has 6 fully saturated rings. The molecule has 522 valence electrons. The van der Waals surface area contributed by atoms with Crippen LogP contribution in [0.4, 0.5) is 9.59 Å². The van der Waals surface area contributed by atoms with Gasteiger partial charge in [0.15, 0.2) is 24.0 Å². The summed E-state index contributed by atoms with van der Waals surface area (Å²) in [6.07, 6.45) is 2.15. The van der Waals surface area contributed by atoms with Crippen molar-refractivity contribution in [3.63, 3.8) is 0 Å². The molecule has 19 heteroatoms. The molecule has 4 aromatic carbocycles. The molecule has 2 unspecified atom stereocenters. The van der Waals surface area contributed by atoms with Crippen LogP contribution in [0.25, 0.3) is 0 Å². The summed E-state index contributed by atoms with van der Waals surface area (Å²) >= 11 is 3.11. The number of ketones is 2. The Kier molecular flexibility index (Phi) is 39.5. The molecule has 6 heterocycles. The molecule has 10 rings (SSSR count). The Labute approximate surface area is 611 Å². The lowest BCUT2D eigenvalue weighted by molar-refractivity contribution is -0.938. The normalized spacial score (nSPS) is 17.5. The van der Waals surface area contributed by atoms with Crippen molar-refractivity contribution in [2.45, 2.75) is 131 Å². The highest BCUT2D eigenvalue weighted by Crippen LogP contribution is 2.37. The van der Waals surface area contributed by atoms with E-state index >= 15 is 0 Å². The lowest BCUT2D eigenvalue weighted by Gasteiger charge is -2.51. The van der Waals surface area contributed by atoms with E-state index in [1.54, 1.807) is 124 Å². The molecular weight excluding hydrogens is 1390 g/mol. The highest BCUT2D eigenvalue weighted by atomic mass is 79.9. The summed E-state index contributed by atoms with van der Waals surface area (Å²) in [5, 5.41) is 13.0. The van der Waals surface area contributed by atoms with Gasteiger partial charge in [-0.2, -0.15) is 5.26 Å². The molecule has 6 aliphatic heterocycles. The number of Topliss-reactive ketones (excluding diaryl/α,β-unsaturated/α-hetero) is 2. The van der Waals surface area contributed by atoms with E-state index in [4.69, 9.17) is 33.7 Å². The quantitative estimate of drug-likeness (QED) is 0.0285. The zero-order chi connectivity index (χ0) is 71.8. The average Bonchev–Trinajstić information content (AvgIpc) is 0.768. The average molecular weight is 1480 g/mol. The number of esters is 2. The van der Waals surface area contributed by atoms with Crippen LogP contribution in [0.15, 0.2) is 109 Å². The summed E-state index contributed by atoms with van der Waals surface area (Å²) < 4.78 is 33.6. The molecule has 0 aliphatic carbocycles. The maximum absolute atomic E-state index is 13.4. The number of alkyl carbamates (subject to hydrolysis) is 2. The van der Waals surface area contributed by atoms with Crippen LogP contribution >= 0.6 is 15.9 Å². The monoisotopic (exact) mass is 1480 g/mol. The first kappa shape index (κ1) is 85.8. The molecule has 0 spiro atoms. The Morgan fingerprint density at radius 1 is 0.530 bits per heavy atom. The molecule has 6 aliphatic rings. The Bertz CT molecular complexity index is 3960. The standard InChI is InChI=1S/C29H36N2O6.C20H28N2O4.C20H6.C9H9BrO2.C2H3N.CH4.BrH/c1-29(2,3)37-28(34)30-26(21-10-6-5-7-11-21)27(33)36-25-19-31(16-14-20(25)15-17-31)18-23(32)22-12-8-9-13-24(22)35-4;1-20(2,3)26-19(24)21-17(15-7-5-4-6-8-15)18(23)25-16-13-22-11-9-14(16)10-12-22;1-3-5-7-9-11-13-15-17-19-20-18-16-14-12-10-8-6-4-2;1-12-9-5-3-2-4-7(9)8(11)6-10;1-2-3;;/h5-13,20,25-26H,14-19H2,1-4H3;4-8,14,16-17H,9-13H2,1-3H3,(H,21,24);1-2H3;2-5H,6H2,1H3;1H3;1H4;1H/t20?,25-,26?,31?;16-,17?;;;;;/m00...../s1. The van der Waals surface area contributed by atoms with Gasteiger partial charge in [0.05, 0.1) is 49.8 Å². The fraction of sp³-hybridized carbons (Fsp3) is 0.395. The van der Waals surface area contributed by atoms with Gasteiger partial charge in [-0.1, -0.05) is 120 Å². The van der Waals surface area contributed by atoms with E-state index in [-0.39, 0.29) is 54.1 Å². The third kappa shape index (κ3) is 31.5. The van der Waals surface area contributed by atoms with Gasteiger partial charge in [0, 0.05) is 32.2 Å². The molecule has 0 saturated carbocycles. The highest BCUT2D eigenvalue weighted by molar-refractivity contribution is 9.09. The first-order valence-corrected chi connectivity index (χ1v) is 32.8. The minimum atomic E-state index is -0.991. The predicted molar refractivity (Wildman–Crippen MR) is 386 cm³/mol. The van der Waals surface area contributed by atoms with Crippen molar-refractivity contribution in [2.24, 2.45) is 11.8 Å². The second kappa shape index (κ2) is 46.1. The number of nitrogens with one attached hydrogen (secondary N) is 2. The number of piperidine rings is 6. The first-order valence-electron chi connectivity index (χ1n) is 31.6. The van der Waals surface area contributed by atoms with E-state index in [1.807, 2.05) is 60.7 Å². The number of nitrogens with zero attached hydrogens (tertiary/aromatic N) is 3. The number of rotatable bonds is 15. The largest absolute Gasteiger partial charge is 1.00 e. The van der Waals surface area contributed by atoms with E-state index in [0.29, 0.717) is 62.6 Å². The minimum absolute atomic E-state index is 0. The van der Waals surface area contributed by atoms with Gasteiger partial charge >= 0.3 is 24.1 Å². The molecule has 0 aromatic heterocycles. The SMILES string of the molecule is C.CC#CC#CC#CC#CC#CC#CC#CC#CC#CC.CC#N.CC(C)(C)OC(=O)NC(C(=O)O[C@H]1CN2CCC1CC2)c1ccccc1.COc1ccccc1C(=O)CBr.COc1ccccc1C(=O)C[N+]12CCC(CC1)[C@@H](OC(=O)C(NC(=O)OC(C)(C)C)c1ccccc1)C2.[Br-]. The molecule has 6 saturated heterocycles. The molecule has 100 heavy (non-hydrogen) atoms. The maximum atomic E-state index is 13.4. The van der Waals surface area contributed by atoms with Crippen LogP contribution in [-0.4, -0.2) is 134 Å². The number of benzene rings is 4. The number of para-hydroxylation sites is 2. The number of nitriles is 1. The van der Waals surface area contributed by atoms with Gasteiger partial charge in [0.25, 0.3) is 0 Å². The van der Waals surface area contributed by atoms with E-state index in [9.17, 15) is 28.8 Å². The molecule has 4 atom stereocenters. The second-order valence-electron chi connectivity index (χ2n) is 24.1. The van der Waals surface area contributed by atoms with Crippen LogP contribution in [0.2, 0.25) is 0 Å². The number of amides is 2. The Morgan fingerprint density at radius 2 is 0.870 bits per heavy atom. The number of carbonyl (C=O) groups is 6. The lowest BCUT2D eigenvalue weighted by Crippen LogP contribution is -3.00. The summed E-state index contributed by atoms with van der Waals surface area (Å²) in [7, 11) is 3.12. The topological polar surface area (TPSA) is 209 Å². The molecule has 2 amide bonds. The van der Waals surface area contributed by atoms with E-state index < -0.39 is 47.4 Å². The van der Waals surface area contributed by atoms with E-state index in [2.05, 4.69) is 138 Å². The van der Waals surface area contributed by atoms with E-state index in [0.717, 1.165) is 58.4 Å². The Hall–Kier alpha value is -10.3. The van der Waals surface area contributed by atoms with Crippen LogP contribution in [0.3, 0.4) is 0 Å². The third-order valence-electron chi connectivity index (χ3n) is 14.8. The van der Waals surface area contributed by atoms with Crippen LogP contribution < -0.4 is 37.1 Å². The number of ether oxygens (including phenoxy) is 6. The molecular formula is C81H87Br2N5O12. The van der Waals surface area contributed by atoms with Gasteiger partial charge in [0.2, 0.25) is 5.78 Å². The van der Waals surface area contributed by atoms with E-state index in [1.165, 1.54) is 6.92 Å². The Balaban J connectivity index is 0.000000474. The number of quaternary nitrogens is 1. The summed E-state index contributed by atoms with van der Waals surface area (Å²) in [4.78, 5) is 77.9. The fourth-order valence-electron chi connectivity index (χ4n) is 10.5. The second-order valence-corrected chi connectivity index (χ2v) is 24.7. The van der Waals surface area contributed by atoms with Crippen molar-refractivity contribution in [2.75, 3.05) is 65.4 Å². The van der Waals surface area contributed by atoms with Crippen molar-refractivity contribution in [1.29, 1.82) is 5.26 Å². The number of hydrogen-bond acceptors (Lipinski definition) is 14. The van der Waals surface area contributed by atoms with Crippen LogP contribution in [0, 0.1) is 130 Å². The molecule has 4 aromatic rings. The maximum Gasteiger partial charge on any atom is 0.408 e. The number of alkyl halides is 1. The molecule has 2 N–H and O–H groups in total. The molecule has 4 bridgehead atoms. The van der Waals surface area contributed by atoms with Crippen molar-refractivity contribution in [1.82, 2.24) is 15.5 Å². The number of fused-ring (bicyclic) bond motifs is 6. The van der Waals surface area contributed by atoms with Gasteiger partial charge in [-0.15, -0.1) is 0 Å². The van der Waals surface area contributed by atoms with Crippen LogP contribution in [0.1, 0.15) is 139 Å². The minimum Gasteiger partial charge on any atom is -1.00 e. The molecule has 0 radical (unpaired) electrons. The van der Waals surface area contributed by atoms with Crippen LogP contribution in [-0.2, 0) is 28.5 Å². The van der Waals surface area contributed by atoms with Gasteiger partial charge in [0.1, 0.15) is 41.9 Å². The van der Waals surface area contributed by atoms with Gasteiger partial charge < -0.3 is 60.5 Å². The zero-order valence-electron chi connectivity index (χ0n) is 57.8. The molecule has 17 nitrogen and oxygen atoms in total. The number of halogens is 2. The van der Waals surface area contributed by atoms with Gasteiger partial charge in [-0.05, 0) is 217 Å². The number of carbonyl (C=O) groups excluding carboxylic acids is 6. The van der Waals surface area contributed by atoms with Crippen LogP contribution in [0.5, 0.6) is 11.5 Å². The zero-order valence-corrected chi connectivity index (χ0v) is 61.0. The first-order chi connectivity index (χ1) is 47.0. The van der Waals surface area contributed by atoms with Crippen molar-refractivity contribution in [3.05, 3.63) is 131 Å². The van der Waals surface area contributed by atoms with Crippen molar-refractivity contribution >= 4 is 51.6 Å². The smallest absolute Gasteiger partial charge is 0.408 e. The highest BCUT2D eigenvalue weighted by Gasteiger charge is 2.49. The summed E-state index contributed by atoms with van der Waals surface area (Å²) in [6, 6.07) is 32.5. The third-order valence-corrected chi connectivity index (χ3v) is 15.3. The summed E-state index contributed by atoms with van der Waals surface area (Å²) in [5.74, 6) is 46.6. The summed E-state index contributed by atoms with van der Waals surface area (Å²) in [5.41, 5.74) is 1.17. The fourth-order valence-corrected chi connectivity index (χ4v) is 10.8. The van der Waals surface area contributed by atoms with Crippen molar-refractivity contribution in [3.8, 4) is 124 Å². The predicted octanol–water partition coefficient (Wildman–Crippen LogP) is 8.69.